The van der Waals surface area contributed by atoms with Gasteiger partial charge in [0.15, 0.2) is 9.84 Å². The van der Waals surface area contributed by atoms with Crippen molar-refractivity contribution < 1.29 is 17.9 Å². The largest absolute Gasteiger partial charge is 0.492 e. The van der Waals surface area contributed by atoms with Gasteiger partial charge >= 0.3 is 0 Å². The van der Waals surface area contributed by atoms with E-state index in [9.17, 15) is 13.2 Å². The fourth-order valence-electron chi connectivity index (χ4n) is 2.64. The molecule has 2 aromatic rings. The molecule has 0 heterocycles. The van der Waals surface area contributed by atoms with Crippen LogP contribution in [0.1, 0.15) is 50.5 Å². The Kier molecular flexibility index (Phi) is 6.88. The van der Waals surface area contributed by atoms with Gasteiger partial charge in [0.1, 0.15) is 12.4 Å². The molecule has 0 aliphatic heterocycles. The summed E-state index contributed by atoms with van der Waals surface area (Å²) >= 11 is 0. The van der Waals surface area contributed by atoms with E-state index < -0.39 is 21.0 Å². The van der Waals surface area contributed by atoms with Gasteiger partial charge in [0.2, 0.25) is 0 Å². The molecule has 0 aliphatic carbocycles. The molecule has 0 bridgehead atoms. The topological polar surface area (TPSA) is 72.5 Å². The lowest BCUT2D eigenvalue weighted by molar-refractivity contribution is 0.0943. The van der Waals surface area contributed by atoms with Crippen LogP contribution in [-0.2, 0) is 15.3 Å². The zero-order chi connectivity index (χ0) is 20.9. The molecule has 0 saturated carbocycles. The van der Waals surface area contributed by atoms with E-state index in [1.54, 1.807) is 26.0 Å². The first kappa shape index (κ1) is 22.0. The van der Waals surface area contributed by atoms with Gasteiger partial charge in [-0.25, -0.2) is 8.42 Å². The van der Waals surface area contributed by atoms with Crippen molar-refractivity contribution >= 4 is 15.7 Å². The first-order valence-corrected chi connectivity index (χ1v) is 10.9. The molecule has 0 radical (unpaired) electrons. The molecule has 2 aromatic carbocycles. The smallest absolute Gasteiger partial charge is 0.252 e. The Labute approximate surface area is 168 Å². The van der Waals surface area contributed by atoms with E-state index in [1.807, 2.05) is 24.3 Å². The fourth-order valence-corrected chi connectivity index (χ4v) is 3.88. The summed E-state index contributed by atoms with van der Waals surface area (Å²) in [7, 11) is -3.53. The monoisotopic (exact) mass is 403 g/mol. The quantitative estimate of drug-likeness (QED) is 0.710. The average molecular weight is 404 g/mol. The van der Waals surface area contributed by atoms with Crippen LogP contribution in [0.15, 0.2) is 53.4 Å². The highest BCUT2D eigenvalue weighted by atomic mass is 32.2. The SMILES string of the molecule is CC(C)S(=O)(=O)c1ccccc1C(=O)NCCOc1ccc(C(C)(C)C)cc1. The number of benzene rings is 2. The third-order valence-electron chi connectivity index (χ3n) is 4.44. The Morgan fingerprint density at radius 1 is 1.04 bits per heavy atom. The van der Waals surface area contributed by atoms with Gasteiger partial charge in [-0.05, 0) is 49.1 Å². The molecule has 28 heavy (non-hydrogen) atoms. The summed E-state index contributed by atoms with van der Waals surface area (Å²) in [4.78, 5) is 12.5. The van der Waals surface area contributed by atoms with Crippen molar-refractivity contribution in [2.45, 2.75) is 50.2 Å². The summed E-state index contributed by atoms with van der Waals surface area (Å²) in [6.07, 6.45) is 0. The van der Waals surface area contributed by atoms with Gasteiger partial charge in [-0.1, -0.05) is 45.0 Å². The summed E-state index contributed by atoms with van der Waals surface area (Å²) in [5.41, 5.74) is 1.46. The molecule has 6 heteroatoms. The van der Waals surface area contributed by atoms with Gasteiger partial charge in [-0.2, -0.15) is 0 Å². The van der Waals surface area contributed by atoms with Gasteiger partial charge in [0.25, 0.3) is 5.91 Å². The summed E-state index contributed by atoms with van der Waals surface area (Å²) in [5, 5.41) is 2.13. The number of ether oxygens (including phenoxy) is 1. The van der Waals surface area contributed by atoms with Crippen molar-refractivity contribution in [1.82, 2.24) is 5.32 Å². The van der Waals surface area contributed by atoms with Gasteiger partial charge in [0, 0.05) is 0 Å². The van der Waals surface area contributed by atoms with Gasteiger partial charge in [0.05, 0.1) is 22.3 Å². The van der Waals surface area contributed by atoms with Crippen molar-refractivity contribution in [2.75, 3.05) is 13.2 Å². The van der Waals surface area contributed by atoms with E-state index in [-0.39, 0.29) is 22.4 Å². The number of hydrogen-bond donors (Lipinski definition) is 1. The summed E-state index contributed by atoms with van der Waals surface area (Å²) in [6.45, 7) is 10.2. The van der Waals surface area contributed by atoms with E-state index in [0.717, 1.165) is 5.75 Å². The van der Waals surface area contributed by atoms with Crippen LogP contribution >= 0.6 is 0 Å². The molecule has 0 fully saturated rings. The highest BCUT2D eigenvalue weighted by Gasteiger charge is 2.25. The van der Waals surface area contributed by atoms with Gasteiger partial charge < -0.3 is 10.1 Å². The predicted molar refractivity (Wildman–Crippen MR) is 112 cm³/mol. The molecule has 152 valence electrons. The minimum absolute atomic E-state index is 0.0567. The van der Waals surface area contributed by atoms with E-state index in [1.165, 1.54) is 17.7 Å². The molecule has 1 N–H and O–H groups in total. The van der Waals surface area contributed by atoms with E-state index in [0.29, 0.717) is 6.61 Å². The lowest BCUT2D eigenvalue weighted by atomic mass is 9.87. The first-order valence-electron chi connectivity index (χ1n) is 9.38. The van der Waals surface area contributed by atoms with Crippen LogP contribution in [0.4, 0.5) is 0 Å². The number of carbonyl (C=O) groups is 1. The van der Waals surface area contributed by atoms with Crippen LogP contribution in [-0.4, -0.2) is 32.7 Å². The standard InChI is InChI=1S/C22H29NO4S/c1-16(2)28(25,26)20-9-7-6-8-19(20)21(24)23-14-15-27-18-12-10-17(11-13-18)22(3,4)5/h6-13,16H,14-15H2,1-5H3,(H,23,24). The number of nitrogens with one attached hydrogen (secondary N) is 1. The van der Waals surface area contributed by atoms with E-state index in [4.69, 9.17) is 4.74 Å². The molecule has 0 saturated heterocycles. The predicted octanol–water partition coefficient (Wildman–Crippen LogP) is 3.98. The molecule has 5 nitrogen and oxygen atoms in total. The highest BCUT2D eigenvalue weighted by molar-refractivity contribution is 7.92. The normalized spacial score (nSPS) is 12.1. The Morgan fingerprint density at radius 2 is 1.64 bits per heavy atom. The third-order valence-corrected chi connectivity index (χ3v) is 6.65. The van der Waals surface area contributed by atoms with Crippen LogP contribution in [0.2, 0.25) is 0 Å². The second kappa shape index (κ2) is 8.78. The molecular formula is C22H29NO4S. The number of carbonyl (C=O) groups excluding carboxylic acids is 1. The number of sulfone groups is 1. The Morgan fingerprint density at radius 3 is 2.21 bits per heavy atom. The number of rotatable bonds is 7. The van der Waals surface area contributed by atoms with E-state index in [2.05, 4.69) is 26.1 Å². The van der Waals surface area contributed by atoms with E-state index >= 15 is 0 Å². The average Bonchev–Trinajstić information content (AvgIpc) is 2.64. The highest BCUT2D eigenvalue weighted by Crippen LogP contribution is 2.24. The Balaban J connectivity index is 1.95. The second-order valence-corrected chi connectivity index (χ2v) is 10.4. The maximum Gasteiger partial charge on any atom is 0.252 e. The number of amides is 1. The molecule has 0 aromatic heterocycles. The maximum atomic E-state index is 12.5. The van der Waals surface area contributed by atoms with Gasteiger partial charge in [-0.15, -0.1) is 0 Å². The van der Waals surface area contributed by atoms with Crippen molar-refractivity contribution in [3.05, 3.63) is 59.7 Å². The third kappa shape index (κ3) is 5.35. The van der Waals surface area contributed by atoms with Crippen LogP contribution < -0.4 is 10.1 Å². The van der Waals surface area contributed by atoms with Crippen molar-refractivity contribution in [1.29, 1.82) is 0 Å². The zero-order valence-corrected chi connectivity index (χ0v) is 18.0. The summed E-state index contributed by atoms with van der Waals surface area (Å²) < 4.78 is 30.6. The molecule has 0 atom stereocenters. The fraction of sp³-hybridized carbons (Fsp3) is 0.409. The van der Waals surface area contributed by atoms with Crippen molar-refractivity contribution in [3.63, 3.8) is 0 Å². The molecule has 0 aliphatic rings. The Bertz CT molecular complexity index is 910. The summed E-state index contributed by atoms with van der Waals surface area (Å²) in [6, 6.07) is 14.1. The zero-order valence-electron chi connectivity index (χ0n) is 17.2. The van der Waals surface area contributed by atoms with Crippen LogP contribution in [0, 0.1) is 0 Å². The second-order valence-electron chi connectivity index (χ2n) is 7.97. The molecule has 1 amide bonds. The first-order chi connectivity index (χ1) is 13.0. The molecule has 0 unspecified atom stereocenters. The van der Waals surface area contributed by atoms with Crippen molar-refractivity contribution in [2.24, 2.45) is 0 Å². The maximum absolute atomic E-state index is 12.5. The lowest BCUT2D eigenvalue weighted by Crippen LogP contribution is -2.30. The summed E-state index contributed by atoms with van der Waals surface area (Å²) in [5.74, 6) is 0.302. The van der Waals surface area contributed by atoms with Crippen molar-refractivity contribution in [3.8, 4) is 5.75 Å². The molecule has 0 spiro atoms. The molecule has 2 rings (SSSR count). The Hall–Kier alpha value is -2.34. The van der Waals surface area contributed by atoms with Gasteiger partial charge in [-0.3, -0.25) is 4.79 Å². The van der Waals surface area contributed by atoms with Crippen LogP contribution in [0.25, 0.3) is 0 Å². The minimum atomic E-state index is -3.53. The van der Waals surface area contributed by atoms with Crippen LogP contribution in [0.5, 0.6) is 5.75 Å². The lowest BCUT2D eigenvalue weighted by Gasteiger charge is -2.19. The minimum Gasteiger partial charge on any atom is -0.492 e. The van der Waals surface area contributed by atoms with Crippen LogP contribution in [0.3, 0.4) is 0 Å². The molecular weight excluding hydrogens is 374 g/mol. The number of hydrogen-bond acceptors (Lipinski definition) is 4.